The Balaban J connectivity index is 2.00. The average Bonchev–Trinajstić information content (AvgIpc) is 3.07. The molecule has 0 radical (unpaired) electrons. The minimum atomic E-state index is -0.571. The molecule has 1 unspecified atom stereocenters. The molecule has 1 atom stereocenters. The van der Waals surface area contributed by atoms with Gasteiger partial charge in [-0.15, -0.1) is 0 Å². The van der Waals surface area contributed by atoms with E-state index in [1.807, 2.05) is 54.6 Å². The zero-order chi connectivity index (χ0) is 21.1. The van der Waals surface area contributed by atoms with Crippen LogP contribution < -0.4 is 0 Å². The van der Waals surface area contributed by atoms with Gasteiger partial charge in [-0.1, -0.05) is 85.0 Å². The Hall–Kier alpha value is -3.66. The number of methoxy groups -OCH3 is 2. The predicted molar refractivity (Wildman–Crippen MR) is 115 cm³/mol. The summed E-state index contributed by atoms with van der Waals surface area (Å²) in [5.41, 5.74) is 2.85. The summed E-state index contributed by atoms with van der Waals surface area (Å²) in [4.78, 5) is 25.2. The SMILES string of the molecule is COC(=O)C1=CC=CC2C(=C1C(=O)OC)C=CC2(c1ccccc1)c1ccccc1. The molecular formula is C26H22O4. The lowest BCUT2D eigenvalue weighted by Gasteiger charge is -2.35. The van der Waals surface area contributed by atoms with Gasteiger partial charge < -0.3 is 9.47 Å². The molecule has 2 aromatic rings. The molecule has 2 aliphatic rings. The number of carbonyl (C=O) groups is 2. The molecule has 150 valence electrons. The van der Waals surface area contributed by atoms with E-state index in [4.69, 9.17) is 9.47 Å². The smallest absolute Gasteiger partial charge is 0.339 e. The fourth-order valence-corrected chi connectivity index (χ4v) is 4.43. The van der Waals surface area contributed by atoms with Crippen molar-refractivity contribution in [1.29, 1.82) is 0 Å². The third-order valence-corrected chi connectivity index (χ3v) is 5.77. The second-order valence-electron chi connectivity index (χ2n) is 7.19. The van der Waals surface area contributed by atoms with Crippen LogP contribution >= 0.6 is 0 Å². The monoisotopic (exact) mass is 398 g/mol. The van der Waals surface area contributed by atoms with Crippen molar-refractivity contribution in [3.63, 3.8) is 0 Å². The van der Waals surface area contributed by atoms with E-state index < -0.39 is 17.4 Å². The molecule has 0 aliphatic heterocycles. The van der Waals surface area contributed by atoms with Crippen molar-refractivity contribution in [1.82, 2.24) is 0 Å². The Bertz CT molecular complexity index is 1050. The fourth-order valence-electron chi connectivity index (χ4n) is 4.43. The lowest BCUT2D eigenvalue weighted by Crippen LogP contribution is -2.32. The average molecular weight is 398 g/mol. The first-order chi connectivity index (χ1) is 14.6. The number of carbonyl (C=O) groups excluding carboxylic acids is 2. The molecule has 0 fully saturated rings. The van der Waals surface area contributed by atoms with Crippen LogP contribution in [0, 0.1) is 5.92 Å². The van der Waals surface area contributed by atoms with Crippen LogP contribution in [0.15, 0.2) is 108 Å². The summed E-state index contributed by atoms with van der Waals surface area (Å²) in [6, 6.07) is 20.4. The summed E-state index contributed by atoms with van der Waals surface area (Å²) in [6.45, 7) is 0. The molecule has 30 heavy (non-hydrogen) atoms. The molecule has 0 amide bonds. The van der Waals surface area contributed by atoms with Crippen molar-refractivity contribution in [2.75, 3.05) is 14.2 Å². The fraction of sp³-hybridized carbons (Fsp3) is 0.154. The van der Waals surface area contributed by atoms with Crippen molar-refractivity contribution in [2.45, 2.75) is 5.41 Å². The van der Waals surface area contributed by atoms with Gasteiger partial charge in [-0.3, -0.25) is 0 Å². The van der Waals surface area contributed by atoms with Crippen LogP contribution in [0.1, 0.15) is 11.1 Å². The molecule has 4 nitrogen and oxygen atoms in total. The number of allylic oxidation sites excluding steroid dienone is 6. The Morgan fingerprint density at radius 1 is 0.833 bits per heavy atom. The van der Waals surface area contributed by atoms with E-state index >= 15 is 0 Å². The van der Waals surface area contributed by atoms with E-state index in [0.29, 0.717) is 0 Å². The minimum absolute atomic E-state index is 0.194. The Kier molecular flexibility index (Phi) is 5.23. The van der Waals surface area contributed by atoms with Crippen LogP contribution in [-0.2, 0) is 24.5 Å². The van der Waals surface area contributed by atoms with Gasteiger partial charge in [0.1, 0.15) is 0 Å². The highest BCUT2D eigenvalue weighted by molar-refractivity contribution is 6.08. The Morgan fingerprint density at radius 3 is 1.93 bits per heavy atom. The van der Waals surface area contributed by atoms with Gasteiger partial charge >= 0.3 is 11.9 Å². The molecule has 0 saturated carbocycles. The first-order valence-electron chi connectivity index (χ1n) is 9.73. The van der Waals surface area contributed by atoms with Crippen LogP contribution in [0.3, 0.4) is 0 Å². The van der Waals surface area contributed by atoms with Crippen molar-refractivity contribution >= 4 is 11.9 Å². The number of esters is 2. The highest BCUT2D eigenvalue weighted by Crippen LogP contribution is 2.51. The summed E-state index contributed by atoms with van der Waals surface area (Å²) in [5, 5.41) is 0. The van der Waals surface area contributed by atoms with Crippen LogP contribution in [-0.4, -0.2) is 26.2 Å². The maximum Gasteiger partial charge on any atom is 0.339 e. The van der Waals surface area contributed by atoms with E-state index in [0.717, 1.165) is 16.7 Å². The lowest BCUT2D eigenvalue weighted by atomic mass is 9.66. The largest absolute Gasteiger partial charge is 0.465 e. The number of rotatable bonds is 4. The summed E-state index contributed by atoms with van der Waals surface area (Å²) < 4.78 is 9.98. The van der Waals surface area contributed by atoms with Crippen LogP contribution in [0.4, 0.5) is 0 Å². The zero-order valence-corrected chi connectivity index (χ0v) is 16.9. The van der Waals surface area contributed by atoms with Crippen molar-refractivity contribution < 1.29 is 19.1 Å². The molecule has 2 aliphatic carbocycles. The number of ether oxygens (including phenoxy) is 2. The number of hydrogen-bond acceptors (Lipinski definition) is 4. The quantitative estimate of drug-likeness (QED) is 0.721. The molecule has 0 bridgehead atoms. The van der Waals surface area contributed by atoms with E-state index in [9.17, 15) is 9.59 Å². The first-order valence-corrected chi connectivity index (χ1v) is 9.73. The van der Waals surface area contributed by atoms with Crippen molar-refractivity contribution in [2.24, 2.45) is 5.92 Å². The highest BCUT2D eigenvalue weighted by atomic mass is 16.5. The van der Waals surface area contributed by atoms with Crippen LogP contribution in [0.2, 0.25) is 0 Å². The molecule has 0 N–H and O–H groups in total. The van der Waals surface area contributed by atoms with Gasteiger partial charge in [0.15, 0.2) is 0 Å². The number of fused-ring (bicyclic) bond motifs is 1. The van der Waals surface area contributed by atoms with Crippen molar-refractivity contribution in [3.8, 4) is 0 Å². The number of benzene rings is 2. The standard InChI is InChI=1S/C26H22O4/c1-29-24(27)21-14-9-15-22-20(23(21)25(28)30-2)16-17-26(22,18-10-5-3-6-11-18)19-12-7-4-8-13-19/h3-17,22H,1-2H3. The van der Waals surface area contributed by atoms with Gasteiger partial charge in [0.2, 0.25) is 0 Å². The van der Waals surface area contributed by atoms with Gasteiger partial charge in [0.05, 0.1) is 25.4 Å². The highest BCUT2D eigenvalue weighted by Gasteiger charge is 2.46. The van der Waals surface area contributed by atoms with Gasteiger partial charge in [-0.05, 0) is 22.8 Å². The Labute approximate surface area is 175 Å². The van der Waals surface area contributed by atoms with E-state index in [2.05, 4.69) is 30.3 Å². The summed E-state index contributed by atoms with van der Waals surface area (Å²) in [5.74, 6) is -1.33. The molecule has 0 saturated heterocycles. The normalized spacial score (nSPS) is 19.0. The molecule has 0 spiro atoms. The summed E-state index contributed by atoms with van der Waals surface area (Å²) in [7, 11) is 2.62. The lowest BCUT2D eigenvalue weighted by molar-refractivity contribution is -0.139. The third-order valence-electron chi connectivity index (χ3n) is 5.77. The maximum absolute atomic E-state index is 12.8. The summed E-state index contributed by atoms with van der Waals surface area (Å²) in [6.07, 6.45) is 9.53. The zero-order valence-electron chi connectivity index (χ0n) is 16.9. The van der Waals surface area contributed by atoms with E-state index in [1.165, 1.54) is 14.2 Å². The second-order valence-corrected chi connectivity index (χ2v) is 7.19. The van der Waals surface area contributed by atoms with Gasteiger partial charge in [-0.25, -0.2) is 9.59 Å². The molecular weight excluding hydrogens is 376 g/mol. The van der Waals surface area contributed by atoms with E-state index in [1.54, 1.807) is 6.08 Å². The van der Waals surface area contributed by atoms with E-state index in [-0.39, 0.29) is 17.1 Å². The molecule has 2 aromatic carbocycles. The van der Waals surface area contributed by atoms with Crippen molar-refractivity contribution in [3.05, 3.63) is 119 Å². The van der Waals surface area contributed by atoms with Gasteiger partial charge in [0, 0.05) is 11.3 Å². The van der Waals surface area contributed by atoms with Gasteiger partial charge in [0.25, 0.3) is 0 Å². The molecule has 4 heteroatoms. The predicted octanol–water partition coefficient (Wildman–Crippen LogP) is 4.30. The topological polar surface area (TPSA) is 52.6 Å². The molecule has 0 heterocycles. The Morgan fingerprint density at radius 2 is 1.40 bits per heavy atom. The first kappa shape index (κ1) is 19.6. The summed E-state index contributed by atoms with van der Waals surface area (Å²) >= 11 is 0. The maximum atomic E-state index is 12.8. The second kappa shape index (κ2) is 7.99. The minimum Gasteiger partial charge on any atom is -0.465 e. The van der Waals surface area contributed by atoms with Crippen LogP contribution in [0.25, 0.3) is 0 Å². The molecule has 4 rings (SSSR count). The van der Waals surface area contributed by atoms with Gasteiger partial charge in [-0.2, -0.15) is 0 Å². The third kappa shape index (κ3) is 3.01. The number of hydrogen-bond donors (Lipinski definition) is 0. The van der Waals surface area contributed by atoms with Crippen LogP contribution in [0.5, 0.6) is 0 Å². The molecule has 0 aromatic heterocycles.